The molecular formula is C29H37N5O5S. The maximum Gasteiger partial charge on any atom is 0.310 e. The summed E-state index contributed by atoms with van der Waals surface area (Å²) in [6.45, 7) is 8.43. The molecule has 3 aliphatic heterocycles. The van der Waals surface area contributed by atoms with Crippen molar-refractivity contribution in [3.63, 3.8) is 0 Å². The molecule has 1 N–H and O–H groups in total. The number of ether oxygens (including phenoxy) is 1. The number of fused-ring (bicyclic) bond motifs is 2. The van der Waals surface area contributed by atoms with Crippen LogP contribution >= 0.6 is 11.8 Å². The smallest absolute Gasteiger partial charge is 0.310 e. The van der Waals surface area contributed by atoms with E-state index < -0.39 is 22.6 Å². The summed E-state index contributed by atoms with van der Waals surface area (Å²) in [5.74, 6) is -1.95. The minimum atomic E-state index is -0.758. The number of carbonyl (C=O) groups is 3. The number of rotatable bonds is 14. The van der Waals surface area contributed by atoms with Crippen molar-refractivity contribution in [3.05, 3.63) is 49.6 Å². The van der Waals surface area contributed by atoms with Crippen LogP contribution in [0.5, 0.6) is 0 Å². The van der Waals surface area contributed by atoms with Crippen LogP contribution in [0.4, 0.5) is 0 Å². The maximum absolute atomic E-state index is 14.4. The molecule has 0 aliphatic carbocycles. The molecule has 3 fully saturated rings. The van der Waals surface area contributed by atoms with Crippen LogP contribution in [0.1, 0.15) is 38.5 Å². The lowest BCUT2D eigenvalue weighted by molar-refractivity contribution is -0.154. The first kappa shape index (κ1) is 28.4. The number of benzene rings is 1. The van der Waals surface area contributed by atoms with Gasteiger partial charge in [0, 0.05) is 24.9 Å². The third-order valence-electron chi connectivity index (χ3n) is 8.30. The Balaban J connectivity index is 1.42. The minimum absolute atomic E-state index is 0.0583. The van der Waals surface area contributed by atoms with Crippen molar-refractivity contribution < 1.29 is 24.2 Å². The van der Waals surface area contributed by atoms with E-state index in [9.17, 15) is 19.5 Å². The van der Waals surface area contributed by atoms with Crippen LogP contribution < -0.4 is 0 Å². The van der Waals surface area contributed by atoms with E-state index in [4.69, 9.17) is 4.74 Å². The predicted octanol–water partition coefficient (Wildman–Crippen LogP) is 2.78. The molecule has 10 nitrogen and oxygen atoms in total. The standard InChI is InChI=1S/C29H37N5O5S/c1-3-5-6-9-18-39-28(38)23-22-13-14-29(40-22)24(23)26(36)33(16-10-17-35)25(29)27(37)32(15-4-2)19-34-21-12-8-7-11-20(21)30-31-34/h3-4,7-8,11-12,22-25,35H,1-2,5-6,9-10,13-19H2/t22-,23+,24-,25?,29?/m0/s1. The van der Waals surface area contributed by atoms with Gasteiger partial charge in [0.05, 0.1) is 28.7 Å². The molecule has 40 heavy (non-hydrogen) atoms. The highest BCUT2D eigenvalue weighted by Gasteiger charge is 2.74. The molecule has 2 bridgehead atoms. The number of amides is 2. The van der Waals surface area contributed by atoms with Gasteiger partial charge in [-0.3, -0.25) is 14.4 Å². The van der Waals surface area contributed by atoms with Crippen LogP contribution in [0.3, 0.4) is 0 Å². The zero-order valence-electron chi connectivity index (χ0n) is 22.7. The second-order valence-electron chi connectivity index (χ2n) is 10.7. The van der Waals surface area contributed by atoms with Gasteiger partial charge in [-0.15, -0.1) is 30.0 Å². The molecule has 11 heteroatoms. The van der Waals surface area contributed by atoms with Crippen molar-refractivity contribution in [2.75, 3.05) is 26.3 Å². The monoisotopic (exact) mass is 567 g/mol. The number of aromatic nitrogens is 3. The molecule has 1 spiro atoms. The highest BCUT2D eigenvalue weighted by atomic mass is 32.2. The summed E-state index contributed by atoms with van der Waals surface area (Å²) in [5.41, 5.74) is 1.52. The zero-order valence-corrected chi connectivity index (χ0v) is 23.5. The van der Waals surface area contributed by atoms with E-state index in [1.54, 1.807) is 32.3 Å². The molecule has 2 aromatic rings. The first-order valence-electron chi connectivity index (χ1n) is 14.0. The van der Waals surface area contributed by atoms with Crippen molar-refractivity contribution >= 4 is 40.6 Å². The van der Waals surface area contributed by atoms with Crippen molar-refractivity contribution in [1.29, 1.82) is 0 Å². The molecule has 5 rings (SSSR count). The number of unbranched alkanes of at least 4 members (excludes halogenated alkanes) is 2. The average Bonchev–Trinajstić information content (AvgIpc) is 3.70. The summed E-state index contributed by atoms with van der Waals surface area (Å²) >= 11 is 1.61. The van der Waals surface area contributed by atoms with Crippen LogP contribution in [-0.2, 0) is 25.8 Å². The fourth-order valence-corrected chi connectivity index (χ4v) is 8.77. The fraction of sp³-hybridized carbons (Fsp3) is 0.552. The first-order chi connectivity index (χ1) is 19.5. The van der Waals surface area contributed by atoms with Crippen molar-refractivity contribution in [2.24, 2.45) is 11.8 Å². The van der Waals surface area contributed by atoms with Gasteiger partial charge in [0.2, 0.25) is 11.8 Å². The average molecular weight is 568 g/mol. The molecule has 4 heterocycles. The van der Waals surface area contributed by atoms with Crippen molar-refractivity contribution in [1.82, 2.24) is 24.8 Å². The summed E-state index contributed by atoms with van der Waals surface area (Å²) < 4.78 is 6.62. The number of esters is 1. The third-order valence-corrected chi connectivity index (χ3v) is 10.2. The number of thioether (sulfide) groups is 1. The SMILES string of the molecule is C=CCCCCOC(=O)[C@@H]1[C@@H]2CCC3(S2)C(C(=O)N(CC=C)Cn2nnc4ccccc42)N(CCCO)C(=O)[C@H]13. The van der Waals surface area contributed by atoms with E-state index in [-0.39, 0.29) is 49.4 Å². The summed E-state index contributed by atoms with van der Waals surface area (Å²) in [5, 5.41) is 18.0. The van der Waals surface area contributed by atoms with Gasteiger partial charge >= 0.3 is 5.97 Å². The molecule has 0 saturated carbocycles. The molecule has 2 amide bonds. The third kappa shape index (κ3) is 4.94. The highest BCUT2D eigenvalue weighted by molar-refractivity contribution is 8.02. The van der Waals surface area contributed by atoms with E-state index >= 15 is 0 Å². The van der Waals surface area contributed by atoms with Crippen LogP contribution in [0.15, 0.2) is 49.6 Å². The Kier molecular flexibility index (Phi) is 8.60. The van der Waals surface area contributed by atoms with Crippen LogP contribution in [-0.4, -0.2) is 90.0 Å². The Morgan fingerprint density at radius 3 is 2.83 bits per heavy atom. The largest absolute Gasteiger partial charge is 0.465 e. The molecule has 2 unspecified atom stereocenters. The molecule has 0 radical (unpaired) electrons. The molecule has 214 valence electrons. The maximum atomic E-state index is 14.4. The lowest BCUT2D eigenvalue weighted by atomic mass is 9.71. The topological polar surface area (TPSA) is 118 Å². The number of carbonyl (C=O) groups excluding carboxylic acids is 3. The zero-order chi connectivity index (χ0) is 28.3. The van der Waals surface area contributed by atoms with Gasteiger partial charge in [0.1, 0.15) is 18.2 Å². The Morgan fingerprint density at radius 2 is 2.05 bits per heavy atom. The van der Waals surface area contributed by atoms with Gasteiger partial charge < -0.3 is 19.6 Å². The molecule has 3 aliphatic rings. The number of hydrogen-bond donors (Lipinski definition) is 1. The Morgan fingerprint density at radius 1 is 1.23 bits per heavy atom. The number of allylic oxidation sites excluding steroid dienone is 1. The van der Waals surface area contributed by atoms with E-state index in [1.807, 2.05) is 30.3 Å². The molecule has 5 atom stereocenters. The van der Waals surface area contributed by atoms with E-state index in [1.165, 1.54) is 0 Å². The molecule has 3 saturated heterocycles. The fourth-order valence-electron chi connectivity index (χ4n) is 6.57. The van der Waals surface area contributed by atoms with Crippen molar-refractivity contribution in [3.8, 4) is 0 Å². The quantitative estimate of drug-likeness (QED) is 0.210. The Hall–Kier alpha value is -3.18. The minimum Gasteiger partial charge on any atom is -0.465 e. The van der Waals surface area contributed by atoms with E-state index in [2.05, 4.69) is 23.5 Å². The van der Waals surface area contributed by atoms with Gasteiger partial charge in [-0.05, 0) is 50.7 Å². The van der Waals surface area contributed by atoms with Crippen LogP contribution in [0.2, 0.25) is 0 Å². The molecular weight excluding hydrogens is 530 g/mol. The van der Waals surface area contributed by atoms with Gasteiger partial charge in [-0.25, -0.2) is 4.68 Å². The number of hydrogen-bond acceptors (Lipinski definition) is 8. The number of aliphatic hydroxyl groups excluding tert-OH is 1. The normalized spacial score (nSPS) is 26.7. The summed E-state index contributed by atoms with van der Waals surface area (Å²) in [6.07, 6.45) is 7.75. The van der Waals surface area contributed by atoms with Gasteiger partial charge in [0.25, 0.3) is 0 Å². The first-order valence-corrected chi connectivity index (χ1v) is 14.9. The van der Waals surface area contributed by atoms with Gasteiger partial charge in [0.15, 0.2) is 0 Å². The predicted molar refractivity (Wildman–Crippen MR) is 152 cm³/mol. The summed E-state index contributed by atoms with van der Waals surface area (Å²) in [7, 11) is 0. The van der Waals surface area contributed by atoms with Crippen LogP contribution in [0, 0.1) is 11.8 Å². The van der Waals surface area contributed by atoms with Crippen LogP contribution in [0.25, 0.3) is 11.0 Å². The van der Waals surface area contributed by atoms with E-state index in [0.717, 1.165) is 36.7 Å². The highest BCUT2D eigenvalue weighted by Crippen LogP contribution is 2.66. The van der Waals surface area contributed by atoms with Crippen molar-refractivity contribution in [2.45, 2.75) is 61.2 Å². The number of nitrogens with zero attached hydrogens (tertiary/aromatic N) is 5. The number of aliphatic hydroxyl groups is 1. The summed E-state index contributed by atoms with van der Waals surface area (Å²) in [6, 6.07) is 6.78. The molecule has 1 aromatic heterocycles. The summed E-state index contributed by atoms with van der Waals surface area (Å²) in [4.78, 5) is 45.0. The molecule has 1 aromatic carbocycles. The van der Waals surface area contributed by atoms with E-state index in [0.29, 0.717) is 19.4 Å². The second-order valence-corrected chi connectivity index (χ2v) is 12.3. The Labute approximate surface area is 238 Å². The lowest BCUT2D eigenvalue weighted by Gasteiger charge is -2.37. The number of likely N-dealkylation sites (tertiary alicyclic amines) is 1. The van der Waals surface area contributed by atoms with Gasteiger partial charge in [-0.2, -0.15) is 0 Å². The second kappa shape index (κ2) is 12.1. The lowest BCUT2D eigenvalue weighted by Crippen LogP contribution is -2.55. The Bertz CT molecular complexity index is 1280. The number of para-hydroxylation sites is 1. The van der Waals surface area contributed by atoms with Gasteiger partial charge in [-0.1, -0.05) is 29.5 Å².